The number of aryl methyl sites for hydroxylation is 1. The van der Waals surface area contributed by atoms with Gasteiger partial charge in [-0.2, -0.15) is 5.10 Å². The third-order valence-electron chi connectivity index (χ3n) is 2.91. The number of rotatable bonds is 5. The molecule has 0 fully saturated rings. The van der Waals surface area contributed by atoms with E-state index in [-0.39, 0.29) is 10.6 Å². The number of halogens is 3. The number of benzene rings is 1. The topological polar surface area (TPSA) is 46.9 Å². The van der Waals surface area contributed by atoms with Crippen molar-refractivity contribution in [3.63, 3.8) is 0 Å². The second-order valence-electron chi connectivity index (χ2n) is 4.51. The number of nitrogens with zero attached hydrogens (tertiary/aromatic N) is 2. The van der Waals surface area contributed by atoms with Gasteiger partial charge in [-0.3, -0.25) is 4.79 Å². The molecular weight excluding hydrogens is 361 g/mol. The summed E-state index contributed by atoms with van der Waals surface area (Å²) in [5.74, 6) is -0.491. The molecule has 112 valence electrons. The number of aromatic nitrogens is 2. The van der Waals surface area contributed by atoms with Gasteiger partial charge < -0.3 is 5.32 Å². The summed E-state index contributed by atoms with van der Waals surface area (Å²) in [4.78, 5) is 12.1. The van der Waals surface area contributed by atoms with Crippen molar-refractivity contribution >= 4 is 38.9 Å². The van der Waals surface area contributed by atoms with Crippen LogP contribution in [-0.4, -0.2) is 9.78 Å². The van der Waals surface area contributed by atoms with Crippen molar-refractivity contribution in [2.75, 3.05) is 5.32 Å². The number of hydrogen-bond acceptors (Lipinski definition) is 3. The average molecular weight is 375 g/mol. The van der Waals surface area contributed by atoms with Crippen LogP contribution in [0.3, 0.4) is 0 Å². The summed E-state index contributed by atoms with van der Waals surface area (Å²) >= 11 is 9.00. The van der Waals surface area contributed by atoms with Crippen LogP contribution in [-0.2, 0) is 6.54 Å². The number of anilines is 2. The fourth-order valence-corrected chi connectivity index (χ4v) is 2.34. The van der Waals surface area contributed by atoms with Crippen LogP contribution in [0.25, 0.3) is 0 Å². The van der Waals surface area contributed by atoms with E-state index in [9.17, 15) is 9.18 Å². The van der Waals surface area contributed by atoms with E-state index in [0.717, 1.165) is 12.8 Å². The Morgan fingerprint density at radius 1 is 1.48 bits per heavy atom. The minimum absolute atomic E-state index is 0.0142. The second-order valence-corrected chi connectivity index (χ2v) is 5.71. The van der Waals surface area contributed by atoms with E-state index in [1.165, 1.54) is 22.9 Å². The molecule has 0 saturated carbocycles. The largest absolute Gasteiger partial charge is 0.353 e. The molecule has 0 atom stereocenters. The van der Waals surface area contributed by atoms with Crippen molar-refractivity contribution < 1.29 is 4.39 Å². The molecule has 0 radical (unpaired) electrons. The maximum atomic E-state index is 13.1. The fourth-order valence-electron chi connectivity index (χ4n) is 1.75. The Labute approximate surface area is 135 Å². The molecule has 2 rings (SSSR count). The van der Waals surface area contributed by atoms with Gasteiger partial charge in [0, 0.05) is 12.2 Å². The average Bonchev–Trinajstić information content (AvgIpc) is 2.47. The minimum atomic E-state index is -0.491. The van der Waals surface area contributed by atoms with E-state index in [1.54, 1.807) is 6.20 Å². The normalized spacial score (nSPS) is 10.7. The molecule has 0 aliphatic heterocycles. The van der Waals surface area contributed by atoms with Crippen LogP contribution in [0.2, 0.25) is 5.02 Å². The molecule has 0 aliphatic rings. The molecule has 0 saturated heterocycles. The highest BCUT2D eigenvalue weighted by atomic mass is 79.9. The zero-order chi connectivity index (χ0) is 15.4. The van der Waals surface area contributed by atoms with E-state index in [1.807, 2.05) is 6.92 Å². The third-order valence-corrected chi connectivity index (χ3v) is 3.96. The summed E-state index contributed by atoms with van der Waals surface area (Å²) in [6.07, 6.45) is 3.43. The molecule has 1 heterocycles. The van der Waals surface area contributed by atoms with Gasteiger partial charge in [-0.05, 0) is 40.5 Å². The van der Waals surface area contributed by atoms with Crippen LogP contribution in [0.15, 0.2) is 33.7 Å². The standard InChI is InChI=1S/C14H14BrClFN3O/c1-2-3-6-20-14(21)13(15)12(8-18-20)19-9-4-5-11(17)10(16)7-9/h4-5,7-8,19H,2-3,6H2,1H3. The molecule has 0 aliphatic carbocycles. The first kappa shape index (κ1) is 16.0. The van der Waals surface area contributed by atoms with Gasteiger partial charge in [0.1, 0.15) is 10.3 Å². The zero-order valence-corrected chi connectivity index (χ0v) is 13.7. The quantitative estimate of drug-likeness (QED) is 0.847. The molecule has 1 aromatic heterocycles. The zero-order valence-electron chi connectivity index (χ0n) is 11.4. The first-order chi connectivity index (χ1) is 10.0. The van der Waals surface area contributed by atoms with Crippen molar-refractivity contribution in [2.24, 2.45) is 0 Å². The highest BCUT2D eigenvalue weighted by molar-refractivity contribution is 9.10. The van der Waals surface area contributed by atoms with Crippen LogP contribution in [0.1, 0.15) is 19.8 Å². The number of nitrogens with one attached hydrogen (secondary N) is 1. The van der Waals surface area contributed by atoms with Crippen LogP contribution in [0.4, 0.5) is 15.8 Å². The minimum Gasteiger partial charge on any atom is -0.353 e. The highest BCUT2D eigenvalue weighted by Gasteiger charge is 2.09. The smallest absolute Gasteiger partial charge is 0.283 e. The molecular formula is C14H14BrClFN3O. The van der Waals surface area contributed by atoms with Gasteiger partial charge in [0.05, 0.1) is 16.9 Å². The Morgan fingerprint density at radius 3 is 2.90 bits per heavy atom. The molecule has 21 heavy (non-hydrogen) atoms. The van der Waals surface area contributed by atoms with E-state index >= 15 is 0 Å². The van der Waals surface area contributed by atoms with Gasteiger partial charge in [-0.25, -0.2) is 9.07 Å². The maximum Gasteiger partial charge on any atom is 0.283 e. The van der Waals surface area contributed by atoms with E-state index < -0.39 is 5.82 Å². The second kappa shape index (κ2) is 7.04. The van der Waals surface area contributed by atoms with Gasteiger partial charge in [0.2, 0.25) is 0 Å². The van der Waals surface area contributed by atoms with Crippen LogP contribution in [0.5, 0.6) is 0 Å². The molecule has 1 aromatic carbocycles. The van der Waals surface area contributed by atoms with E-state index in [4.69, 9.17) is 11.6 Å². The van der Waals surface area contributed by atoms with Crippen molar-refractivity contribution in [3.8, 4) is 0 Å². The molecule has 0 bridgehead atoms. The van der Waals surface area contributed by atoms with E-state index in [2.05, 4.69) is 26.3 Å². The van der Waals surface area contributed by atoms with E-state index in [0.29, 0.717) is 22.4 Å². The summed E-state index contributed by atoms with van der Waals surface area (Å²) in [5.41, 5.74) is 0.881. The van der Waals surface area contributed by atoms with Crippen molar-refractivity contribution in [2.45, 2.75) is 26.3 Å². The summed E-state index contributed by atoms with van der Waals surface area (Å²) in [6, 6.07) is 4.25. The van der Waals surface area contributed by atoms with Crippen LogP contribution >= 0.6 is 27.5 Å². The van der Waals surface area contributed by atoms with Gasteiger partial charge in [-0.1, -0.05) is 24.9 Å². The Bertz CT molecular complexity index is 705. The monoisotopic (exact) mass is 373 g/mol. The number of unbranched alkanes of at least 4 members (excludes halogenated alkanes) is 1. The van der Waals surface area contributed by atoms with Gasteiger partial charge in [-0.15, -0.1) is 0 Å². The predicted octanol–water partition coefficient (Wildman–Crippen LogP) is 4.34. The summed E-state index contributed by atoms with van der Waals surface area (Å²) < 4.78 is 14.9. The summed E-state index contributed by atoms with van der Waals surface area (Å²) in [5, 5.41) is 7.12. The molecule has 2 aromatic rings. The Balaban J connectivity index is 2.26. The SMILES string of the molecule is CCCCn1ncc(Nc2ccc(F)c(Cl)c2)c(Br)c1=O. The lowest BCUT2D eigenvalue weighted by atomic mass is 10.3. The molecule has 4 nitrogen and oxygen atoms in total. The lowest BCUT2D eigenvalue weighted by Crippen LogP contribution is -2.24. The first-order valence-electron chi connectivity index (χ1n) is 6.50. The number of hydrogen-bond donors (Lipinski definition) is 1. The third kappa shape index (κ3) is 3.83. The molecule has 1 N–H and O–H groups in total. The Morgan fingerprint density at radius 2 is 2.24 bits per heavy atom. The summed E-state index contributed by atoms with van der Waals surface area (Å²) in [6.45, 7) is 2.63. The lowest BCUT2D eigenvalue weighted by molar-refractivity contribution is 0.541. The predicted molar refractivity (Wildman–Crippen MR) is 85.8 cm³/mol. The molecule has 0 amide bonds. The highest BCUT2D eigenvalue weighted by Crippen LogP contribution is 2.25. The van der Waals surface area contributed by atoms with Crippen molar-refractivity contribution in [3.05, 3.63) is 50.1 Å². The molecule has 0 unspecified atom stereocenters. The molecule has 7 heteroatoms. The first-order valence-corrected chi connectivity index (χ1v) is 7.67. The van der Waals surface area contributed by atoms with Crippen LogP contribution < -0.4 is 10.9 Å². The Hall–Kier alpha value is -1.40. The Kier molecular flexibility index (Phi) is 5.36. The van der Waals surface area contributed by atoms with Crippen LogP contribution in [0, 0.1) is 5.82 Å². The lowest BCUT2D eigenvalue weighted by Gasteiger charge is -2.10. The van der Waals surface area contributed by atoms with Crippen molar-refractivity contribution in [1.82, 2.24) is 9.78 Å². The van der Waals surface area contributed by atoms with Gasteiger partial charge >= 0.3 is 0 Å². The van der Waals surface area contributed by atoms with Gasteiger partial charge in [0.25, 0.3) is 5.56 Å². The van der Waals surface area contributed by atoms with Crippen molar-refractivity contribution in [1.29, 1.82) is 0 Å². The van der Waals surface area contributed by atoms with Gasteiger partial charge in [0.15, 0.2) is 0 Å². The fraction of sp³-hybridized carbons (Fsp3) is 0.286. The maximum absolute atomic E-state index is 13.1. The molecule has 0 spiro atoms. The summed E-state index contributed by atoms with van der Waals surface area (Å²) in [7, 11) is 0.